The van der Waals surface area contributed by atoms with Gasteiger partial charge in [0.1, 0.15) is 4.88 Å². The summed E-state index contributed by atoms with van der Waals surface area (Å²) in [6, 6.07) is 1.64. The minimum Gasteiger partial charge on any atom is -0.465 e. The van der Waals surface area contributed by atoms with E-state index < -0.39 is 0 Å². The van der Waals surface area contributed by atoms with E-state index >= 15 is 0 Å². The number of methoxy groups -OCH3 is 1. The van der Waals surface area contributed by atoms with Crippen LogP contribution in [0.25, 0.3) is 0 Å². The van der Waals surface area contributed by atoms with Gasteiger partial charge in [-0.15, -0.1) is 11.3 Å². The maximum absolute atomic E-state index is 11.2. The number of rotatable bonds is 1. The van der Waals surface area contributed by atoms with Crippen molar-refractivity contribution in [3.63, 3.8) is 0 Å². The van der Waals surface area contributed by atoms with Crippen LogP contribution in [-0.4, -0.2) is 18.9 Å². The highest BCUT2D eigenvalue weighted by Gasteiger charge is 2.24. The van der Waals surface area contributed by atoms with Gasteiger partial charge in [-0.05, 0) is 12.5 Å². The van der Waals surface area contributed by atoms with Crippen LogP contribution in [0.2, 0.25) is 0 Å². The predicted octanol–water partition coefficient (Wildman–Crippen LogP) is 1.66. The molecule has 0 saturated heterocycles. The first-order chi connectivity index (χ1) is 6.22. The van der Waals surface area contributed by atoms with Crippen molar-refractivity contribution in [3.05, 3.63) is 21.4 Å². The van der Waals surface area contributed by atoms with Gasteiger partial charge in [0, 0.05) is 16.9 Å². The number of hydrogen-bond donors (Lipinski definition) is 0. The Morgan fingerprint density at radius 1 is 1.54 bits per heavy atom. The Hall–Kier alpha value is -1.16. The van der Waals surface area contributed by atoms with Crippen LogP contribution in [-0.2, 0) is 11.2 Å². The summed E-state index contributed by atoms with van der Waals surface area (Å²) in [6.45, 7) is 0. The van der Waals surface area contributed by atoms with E-state index in [0.29, 0.717) is 16.9 Å². The van der Waals surface area contributed by atoms with Gasteiger partial charge in [-0.1, -0.05) is 0 Å². The van der Waals surface area contributed by atoms with Gasteiger partial charge < -0.3 is 4.74 Å². The Kier molecular flexibility index (Phi) is 1.92. The first-order valence-electron chi connectivity index (χ1n) is 3.96. The fraction of sp³-hybridized carbons (Fsp3) is 0.333. The summed E-state index contributed by atoms with van der Waals surface area (Å²) in [5, 5.41) is 0. The molecule has 3 nitrogen and oxygen atoms in total. The van der Waals surface area contributed by atoms with Crippen LogP contribution in [0.3, 0.4) is 0 Å². The largest absolute Gasteiger partial charge is 0.465 e. The third kappa shape index (κ3) is 1.27. The maximum Gasteiger partial charge on any atom is 0.348 e. The molecule has 1 aromatic heterocycles. The van der Waals surface area contributed by atoms with Gasteiger partial charge >= 0.3 is 5.97 Å². The molecule has 0 unspecified atom stereocenters. The van der Waals surface area contributed by atoms with E-state index in [9.17, 15) is 9.59 Å². The van der Waals surface area contributed by atoms with Gasteiger partial charge in [0.05, 0.1) is 7.11 Å². The number of carbonyl (C=O) groups is 2. The standard InChI is InChI=1S/C9H8O3S/c1-12-9(11)8-4-5-6(10)2-3-7(5)13-8/h4H,2-3H2,1H3. The number of aryl methyl sites for hydroxylation is 1. The Morgan fingerprint density at radius 2 is 2.31 bits per heavy atom. The summed E-state index contributed by atoms with van der Waals surface area (Å²) in [5.74, 6) is -0.214. The minimum atomic E-state index is -0.354. The van der Waals surface area contributed by atoms with Crippen LogP contribution in [0.5, 0.6) is 0 Å². The van der Waals surface area contributed by atoms with E-state index in [-0.39, 0.29) is 11.8 Å². The van der Waals surface area contributed by atoms with Crippen molar-refractivity contribution < 1.29 is 14.3 Å². The highest BCUT2D eigenvalue weighted by molar-refractivity contribution is 7.14. The van der Waals surface area contributed by atoms with Gasteiger partial charge in [0.15, 0.2) is 5.78 Å². The average Bonchev–Trinajstić information content (AvgIpc) is 2.67. The SMILES string of the molecule is COC(=O)c1cc2c(s1)CCC2=O. The second-order valence-electron chi connectivity index (χ2n) is 2.86. The quantitative estimate of drug-likeness (QED) is 0.641. The van der Waals surface area contributed by atoms with Gasteiger partial charge in [0.25, 0.3) is 0 Å². The monoisotopic (exact) mass is 196 g/mol. The van der Waals surface area contributed by atoms with Crippen molar-refractivity contribution in [1.29, 1.82) is 0 Å². The Bertz CT molecular complexity index is 378. The molecule has 0 saturated carbocycles. The number of carbonyl (C=O) groups excluding carboxylic acids is 2. The van der Waals surface area contributed by atoms with Gasteiger partial charge in [-0.3, -0.25) is 4.79 Å². The lowest BCUT2D eigenvalue weighted by molar-refractivity contribution is 0.0606. The third-order valence-corrected chi connectivity index (χ3v) is 3.25. The zero-order valence-corrected chi connectivity index (χ0v) is 7.94. The summed E-state index contributed by atoms with van der Waals surface area (Å²) < 4.78 is 4.57. The third-order valence-electron chi connectivity index (χ3n) is 2.08. The van der Waals surface area contributed by atoms with Crippen molar-refractivity contribution in [2.75, 3.05) is 7.11 Å². The molecule has 68 valence electrons. The molecule has 0 atom stereocenters. The summed E-state index contributed by atoms with van der Waals surface area (Å²) >= 11 is 1.36. The lowest BCUT2D eigenvalue weighted by atomic mass is 10.2. The van der Waals surface area contributed by atoms with Gasteiger partial charge in [-0.25, -0.2) is 4.79 Å². The first kappa shape index (κ1) is 8.44. The normalized spacial score (nSPS) is 14.4. The van der Waals surface area contributed by atoms with E-state index in [0.717, 1.165) is 11.3 Å². The van der Waals surface area contributed by atoms with Crippen LogP contribution >= 0.6 is 11.3 Å². The second-order valence-corrected chi connectivity index (χ2v) is 4.00. The molecule has 0 aliphatic heterocycles. The molecule has 0 spiro atoms. The van der Waals surface area contributed by atoms with Gasteiger partial charge in [-0.2, -0.15) is 0 Å². The fourth-order valence-electron chi connectivity index (χ4n) is 1.41. The van der Waals surface area contributed by atoms with Crippen molar-refractivity contribution in [3.8, 4) is 0 Å². The molecule has 1 heterocycles. The van der Waals surface area contributed by atoms with E-state index in [1.54, 1.807) is 6.07 Å². The number of Topliss-reactive ketones (excluding diaryl/α,β-unsaturated/α-hetero) is 1. The number of hydrogen-bond acceptors (Lipinski definition) is 4. The highest BCUT2D eigenvalue weighted by Crippen LogP contribution is 2.30. The minimum absolute atomic E-state index is 0.140. The van der Waals surface area contributed by atoms with E-state index in [1.807, 2.05) is 0 Å². The van der Waals surface area contributed by atoms with Crippen molar-refractivity contribution in [2.24, 2.45) is 0 Å². The van der Waals surface area contributed by atoms with Crippen LogP contribution in [0.1, 0.15) is 31.3 Å². The summed E-state index contributed by atoms with van der Waals surface area (Å²) in [4.78, 5) is 23.9. The molecule has 0 radical (unpaired) electrons. The molecule has 0 amide bonds. The van der Waals surface area contributed by atoms with Crippen molar-refractivity contribution >= 4 is 23.1 Å². The van der Waals surface area contributed by atoms with Crippen molar-refractivity contribution in [2.45, 2.75) is 12.8 Å². The Labute approximate surface area is 79.3 Å². The summed E-state index contributed by atoms with van der Waals surface area (Å²) in [7, 11) is 1.34. The summed E-state index contributed by atoms with van der Waals surface area (Å²) in [5.41, 5.74) is 0.713. The smallest absolute Gasteiger partial charge is 0.348 e. The molecule has 0 bridgehead atoms. The number of fused-ring (bicyclic) bond motifs is 1. The number of ketones is 1. The molecule has 0 aromatic carbocycles. The molecule has 0 N–H and O–H groups in total. The van der Waals surface area contributed by atoms with Crippen LogP contribution < -0.4 is 0 Å². The van der Waals surface area contributed by atoms with E-state index in [1.165, 1.54) is 18.4 Å². The summed E-state index contributed by atoms with van der Waals surface area (Å²) in [6.07, 6.45) is 1.36. The zero-order valence-electron chi connectivity index (χ0n) is 7.12. The molecule has 13 heavy (non-hydrogen) atoms. The van der Waals surface area contributed by atoms with Crippen LogP contribution in [0.4, 0.5) is 0 Å². The lowest BCUT2D eigenvalue weighted by Crippen LogP contribution is -1.98. The second kappa shape index (κ2) is 2.96. The van der Waals surface area contributed by atoms with Crippen LogP contribution in [0.15, 0.2) is 6.07 Å². The van der Waals surface area contributed by atoms with E-state index in [2.05, 4.69) is 4.74 Å². The lowest BCUT2D eigenvalue weighted by Gasteiger charge is -1.92. The molecular weight excluding hydrogens is 188 g/mol. The molecule has 4 heteroatoms. The van der Waals surface area contributed by atoms with Crippen molar-refractivity contribution in [1.82, 2.24) is 0 Å². The van der Waals surface area contributed by atoms with Crippen LogP contribution in [0, 0.1) is 0 Å². The molecule has 2 rings (SSSR count). The van der Waals surface area contributed by atoms with Gasteiger partial charge in [0.2, 0.25) is 0 Å². The maximum atomic E-state index is 11.2. The molecule has 0 fully saturated rings. The number of esters is 1. The number of ether oxygens (including phenoxy) is 1. The first-order valence-corrected chi connectivity index (χ1v) is 4.78. The predicted molar refractivity (Wildman–Crippen MR) is 48.3 cm³/mol. The Balaban J connectivity index is 2.39. The molecule has 1 aliphatic carbocycles. The zero-order chi connectivity index (χ0) is 9.42. The molecule has 1 aliphatic rings. The number of thiophene rings is 1. The highest BCUT2D eigenvalue weighted by atomic mass is 32.1. The fourth-order valence-corrected chi connectivity index (χ4v) is 2.51. The van der Waals surface area contributed by atoms with E-state index in [4.69, 9.17) is 0 Å². The Morgan fingerprint density at radius 3 is 2.92 bits per heavy atom. The average molecular weight is 196 g/mol. The topological polar surface area (TPSA) is 43.4 Å². The molecule has 1 aromatic rings. The molecular formula is C9H8O3S.